The molecule has 6 nitrogen and oxygen atoms in total. The van der Waals surface area contributed by atoms with Gasteiger partial charge in [-0.05, 0) is 57.9 Å². The van der Waals surface area contributed by atoms with Gasteiger partial charge in [-0.1, -0.05) is 12.1 Å². The molecule has 1 fully saturated rings. The number of ether oxygens (including phenoxy) is 1. The molecule has 7 heteroatoms. The molecule has 0 unspecified atom stereocenters. The zero-order chi connectivity index (χ0) is 20.4. The second-order valence-electron chi connectivity index (χ2n) is 8.19. The number of halogens is 1. The maximum atomic E-state index is 5.43. The van der Waals surface area contributed by atoms with Gasteiger partial charge >= 0.3 is 0 Å². The Bertz CT molecular complexity index is 615. The summed E-state index contributed by atoms with van der Waals surface area (Å²) in [4.78, 5) is 9.37. The minimum absolute atomic E-state index is 0. The number of unbranched alkanes of at least 4 members (excludes halogenated alkanes) is 1. The van der Waals surface area contributed by atoms with Crippen LogP contribution in [-0.2, 0) is 4.74 Å². The number of nitrogens with zero attached hydrogens (tertiary/aromatic N) is 3. The number of aliphatic imine (C=N–C) groups is 1. The van der Waals surface area contributed by atoms with Crippen LogP contribution in [0.4, 0.5) is 5.69 Å². The molecule has 0 saturated carbocycles. The maximum Gasteiger partial charge on any atom is 0.191 e. The van der Waals surface area contributed by atoms with Gasteiger partial charge < -0.3 is 20.3 Å². The van der Waals surface area contributed by atoms with Crippen LogP contribution in [0.2, 0.25) is 0 Å². The number of benzene rings is 1. The molecule has 0 bridgehead atoms. The van der Waals surface area contributed by atoms with Crippen molar-refractivity contribution in [2.45, 2.75) is 39.2 Å². The number of rotatable bonds is 9. The second kappa shape index (κ2) is 13.3. The molecule has 0 atom stereocenters. The molecule has 2 rings (SSSR count). The highest BCUT2D eigenvalue weighted by Crippen LogP contribution is 2.17. The molecule has 1 saturated heterocycles. The van der Waals surface area contributed by atoms with Crippen molar-refractivity contribution < 1.29 is 4.74 Å². The van der Waals surface area contributed by atoms with Crippen molar-refractivity contribution in [3.63, 3.8) is 0 Å². The van der Waals surface area contributed by atoms with E-state index >= 15 is 0 Å². The van der Waals surface area contributed by atoms with Crippen molar-refractivity contribution in [1.82, 2.24) is 15.5 Å². The summed E-state index contributed by atoms with van der Waals surface area (Å²) in [5.74, 6) is 0.844. The van der Waals surface area contributed by atoms with E-state index in [9.17, 15) is 0 Å². The first-order valence-electron chi connectivity index (χ1n) is 10.5. The Hall–Kier alpha value is -1.06. The summed E-state index contributed by atoms with van der Waals surface area (Å²) >= 11 is 0. The van der Waals surface area contributed by atoms with E-state index in [1.54, 1.807) is 7.11 Å². The monoisotopic (exact) mass is 517 g/mol. The van der Waals surface area contributed by atoms with Gasteiger partial charge in [0.1, 0.15) is 0 Å². The molecule has 0 aliphatic carbocycles. The van der Waals surface area contributed by atoms with E-state index < -0.39 is 0 Å². The number of hydrogen-bond acceptors (Lipinski definition) is 4. The standard InChI is InChI=1S/C22H39N5O.HI/c1-19-9-8-10-20(17-19)27-15-13-26(14-16-27)12-7-6-11-24-21(23-4)25-18-22(2,3)28-5;/h8-10,17H,6-7,11-16,18H2,1-5H3,(H2,23,24,25);1H. The van der Waals surface area contributed by atoms with Gasteiger partial charge in [-0.3, -0.25) is 9.89 Å². The van der Waals surface area contributed by atoms with Crippen molar-refractivity contribution in [3.05, 3.63) is 29.8 Å². The third kappa shape index (κ3) is 9.53. The minimum atomic E-state index is -0.196. The summed E-state index contributed by atoms with van der Waals surface area (Å²) in [6.45, 7) is 13.7. The molecule has 1 aliphatic rings. The van der Waals surface area contributed by atoms with Crippen LogP contribution in [0.25, 0.3) is 0 Å². The van der Waals surface area contributed by atoms with E-state index in [1.165, 1.54) is 24.2 Å². The number of aryl methyl sites for hydroxylation is 1. The average Bonchev–Trinajstić information content (AvgIpc) is 2.70. The third-order valence-electron chi connectivity index (χ3n) is 5.39. The van der Waals surface area contributed by atoms with E-state index in [4.69, 9.17) is 4.74 Å². The Morgan fingerprint density at radius 3 is 2.48 bits per heavy atom. The first-order chi connectivity index (χ1) is 13.4. The number of piperazine rings is 1. The van der Waals surface area contributed by atoms with Gasteiger partial charge in [-0.2, -0.15) is 0 Å². The number of guanidine groups is 1. The van der Waals surface area contributed by atoms with Gasteiger partial charge in [0, 0.05) is 59.1 Å². The van der Waals surface area contributed by atoms with Crippen molar-refractivity contribution in [2.75, 3.05) is 64.9 Å². The molecule has 29 heavy (non-hydrogen) atoms. The molecular formula is C22H40IN5O. The highest BCUT2D eigenvalue weighted by atomic mass is 127. The normalized spacial score (nSPS) is 15.8. The van der Waals surface area contributed by atoms with Crippen molar-refractivity contribution in [2.24, 2.45) is 4.99 Å². The van der Waals surface area contributed by atoms with E-state index in [1.807, 2.05) is 7.05 Å². The summed E-state index contributed by atoms with van der Waals surface area (Å²) in [7, 11) is 3.54. The molecule has 0 spiro atoms. The largest absolute Gasteiger partial charge is 0.377 e. The third-order valence-corrected chi connectivity index (χ3v) is 5.39. The highest BCUT2D eigenvalue weighted by molar-refractivity contribution is 14.0. The van der Waals surface area contributed by atoms with Crippen LogP contribution in [0.3, 0.4) is 0 Å². The Morgan fingerprint density at radius 2 is 1.86 bits per heavy atom. The smallest absolute Gasteiger partial charge is 0.191 e. The first kappa shape index (κ1) is 26.0. The minimum Gasteiger partial charge on any atom is -0.377 e. The lowest BCUT2D eigenvalue weighted by atomic mass is 10.1. The number of nitrogens with one attached hydrogen (secondary N) is 2. The maximum absolute atomic E-state index is 5.43. The van der Waals surface area contributed by atoms with Gasteiger partial charge in [0.15, 0.2) is 5.96 Å². The molecule has 0 radical (unpaired) electrons. The lowest BCUT2D eigenvalue weighted by Crippen LogP contribution is -2.47. The predicted molar refractivity (Wildman–Crippen MR) is 135 cm³/mol. The first-order valence-corrected chi connectivity index (χ1v) is 10.5. The molecule has 0 aromatic heterocycles. The van der Waals surface area contributed by atoms with Crippen LogP contribution in [0, 0.1) is 6.92 Å². The summed E-state index contributed by atoms with van der Waals surface area (Å²) < 4.78 is 5.43. The average molecular weight is 518 g/mol. The van der Waals surface area contributed by atoms with Gasteiger partial charge in [-0.15, -0.1) is 24.0 Å². The lowest BCUT2D eigenvalue weighted by Gasteiger charge is -2.36. The molecule has 166 valence electrons. The quantitative estimate of drug-likeness (QED) is 0.228. The SMILES string of the molecule is CN=C(NCCCCN1CCN(c2cccc(C)c2)CC1)NCC(C)(C)OC.I. The van der Waals surface area contributed by atoms with E-state index in [0.717, 1.165) is 51.6 Å². The van der Waals surface area contributed by atoms with Gasteiger partial charge in [0.05, 0.1) is 5.60 Å². The van der Waals surface area contributed by atoms with Crippen molar-refractivity contribution >= 4 is 35.6 Å². The van der Waals surface area contributed by atoms with Crippen LogP contribution >= 0.6 is 24.0 Å². The molecule has 1 heterocycles. The lowest BCUT2D eigenvalue weighted by molar-refractivity contribution is 0.0268. The van der Waals surface area contributed by atoms with Crippen molar-refractivity contribution in [1.29, 1.82) is 0 Å². The highest BCUT2D eigenvalue weighted by Gasteiger charge is 2.17. The number of anilines is 1. The Kier molecular flexibility index (Phi) is 11.9. The predicted octanol–water partition coefficient (Wildman–Crippen LogP) is 3.11. The van der Waals surface area contributed by atoms with Gasteiger partial charge in [0.2, 0.25) is 0 Å². The molecular weight excluding hydrogens is 477 g/mol. The molecule has 1 aromatic rings. The Balaban J connectivity index is 0.00000420. The zero-order valence-electron chi connectivity index (χ0n) is 18.8. The fraction of sp³-hybridized carbons (Fsp3) is 0.682. The molecule has 1 aliphatic heterocycles. The van der Waals surface area contributed by atoms with E-state index in [-0.39, 0.29) is 29.6 Å². The number of methoxy groups -OCH3 is 1. The van der Waals surface area contributed by atoms with Gasteiger partial charge in [-0.25, -0.2) is 0 Å². The van der Waals surface area contributed by atoms with E-state index in [0.29, 0.717) is 0 Å². The summed E-state index contributed by atoms with van der Waals surface area (Å²) in [5.41, 5.74) is 2.50. The van der Waals surface area contributed by atoms with Gasteiger partial charge in [0.25, 0.3) is 0 Å². The summed E-state index contributed by atoms with van der Waals surface area (Å²) in [5, 5.41) is 6.72. The van der Waals surface area contributed by atoms with Crippen LogP contribution in [-0.4, -0.2) is 76.4 Å². The van der Waals surface area contributed by atoms with Crippen molar-refractivity contribution in [3.8, 4) is 0 Å². The summed E-state index contributed by atoms with van der Waals surface area (Å²) in [6.07, 6.45) is 2.35. The molecule has 1 aromatic carbocycles. The van der Waals surface area contributed by atoms with E-state index in [2.05, 4.69) is 70.5 Å². The fourth-order valence-electron chi connectivity index (χ4n) is 3.31. The molecule has 0 amide bonds. The Morgan fingerprint density at radius 1 is 1.14 bits per heavy atom. The molecule has 2 N–H and O–H groups in total. The summed E-state index contributed by atoms with van der Waals surface area (Å²) in [6, 6.07) is 8.83. The van der Waals surface area contributed by atoms with Crippen LogP contribution in [0.1, 0.15) is 32.3 Å². The fourth-order valence-corrected chi connectivity index (χ4v) is 3.31. The topological polar surface area (TPSA) is 52.1 Å². The van der Waals surface area contributed by atoms with Crippen LogP contribution < -0.4 is 15.5 Å². The second-order valence-corrected chi connectivity index (χ2v) is 8.19. The number of hydrogen-bond donors (Lipinski definition) is 2. The zero-order valence-corrected chi connectivity index (χ0v) is 21.2. The Labute approximate surface area is 194 Å². The van der Waals surface area contributed by atoms with Crippen LogP contribution in [0.5, 0.6) is 0 Å². The van der Waals surface area contributed by atoms with Crippen LogP contribution in [0.15, 0.2) is 29.3 Å².